The number of amides is 3. The number of hydrogen-bond donors (Lipinski definition) is 3. The van der Waals surface area contributed by atoms with Gasteiger partial charge in [-0.15, -0.1) is 0 Å². The zero-order valence-electron chi connectivity index (χ0n) is 15.2. The van der Waals surface area contributed by atoms with Gasteiger partial charge in [0.25, 0.3) is 11.5 Å². The molecule has 0 bridgehead atoms. The number of rotatable bonds is 4. The van der Waals surface area contributed by atoms with E-state index >= 15 is 0 Å². The van der Waals surface area contributed by atoms with Gasteiger partial charge in [0.2, 0.25) is 0 Å². The maximum atomic E-state index is 12.4. The van der Waals surface area contributed by atoms with Crippen molar-refractivity contribution in [3.05, 3.63) is 76.7 Å². The number of urea groups is 1. The van der Waals surface area contributed by atoms with Crippen molar-refractivity contribution in [3.8, 4) is 0 Å². The number of anilines is 3. The molecule has 2 heterocycles. The smallest absolute Gasteiger partial charge is 0.322 e. The monoisotopic (exact) mass is 407 g/mol. The maximum absolute atomic E-state index is 12.4. The molecule has 4 rings (SSSR count). The Balaban J connectivity index is 1.39. The topological polar surface area (TPSA) is 105 Å². The molecule has 9 heteroatoms. The summed E-state index contributed by atoms with van der Waals surface area (Å²) in [6.45, 7) is 0.554. The van der Waals surface area contributed by atoms with Crippen LogP contribution in [0.1, 0.15) is 10.4 Å². The third-order valence-electron chi connectivity index (χ3n) is 4.23. The number of hydrogen-bond acceptors (Lipinski definition) is 5. The Kier molecular flexibility index (Phi) is 5.30. The fourth-order valence-corrected chi connectivity index (χ4v) is 3.74. The quantitative estimate of drug-likeness (QED) is 0.576. The van der Waals surface area contributed by atoms with Crippen molar-refractivity contribution in [3.63, 3.8) is 0 Å². The summed E-state index contributed by atoms with van der Waals surface area (Å²) in [5.74, 6) is 0.261. The molecule has 0 aliphatic carbocycles. The Morgan fingerprint density at radius 1 is 0.897 bits per heavy atom. The molecule has 1 aliphatic heterocycles. The molecule has 0 fully saturated rings. The first-order valence-electron chi connectivity index (χ1n) is 8.87. The van der Waals surface area contributed by atoms with E-state index in [1.54, 1.807) is 36.4 Å². The normalized spacial score (nSPS) is 12.1. The second kappa shape index (κ2) is 8.19. The predicted molar refractivity (Wildman–Crippen MR) is 113 cm³/mol. The number of aromatic nitrogens is 2. The average molecular weight is 407 g/mol. The van der Waals surface area contributed by atoms with Gasteiger partial charge in [0.1, 0.15) is 5.56 Å². The summed E-state index contributed by atoms with van der Waals surface area (Å²) < 4.78 is 1.51. The Morgan fingerprint density at radius 2 is 1.52 bits per heavy atom. The van der Waals surface area contributed by atoms with Crippen molar-refractivity contribution < 1.29 is 9.59 Å². The summed E-state index contributed by atoms with van der Waals surface area (Å²) in [5.41, 5.74) is 1.41. The zero-order valence-corrected chi connectivity index (χ0v) is 16.0. The van der Waals surface area contributed by atoms with Crippen LogP contribution in [0.4, 0.5) is 21.9 Å². The van der Waals surface area contributed by atoms with Crippen molar-refractivity contribution in [2.75, 3.05) is 21.7 Å². The zero-order chi connectivity index (χ0) is 20.2. The van der Waals surface area contributed by atoms with E-state index in [2.05, 4.69) is 20.9 Å². The van der Waals surface area contributed by atoms with Crippen LogP contribution in [-0.4, -0.2) is 27.2 Å². The highest BCUT2D eigenvalue weighted by Gasteiger charge is 2.20. The van der Waals surface area contributed by atoms with Crippen molar-refractivity contribution in [1.29, 1.82) is 0 Å². The summed E-state index contributed by atoms with van der Waals surface area (Å²) >= 11 is 1.49. The molecule has 3 amide bonds. The molecule has 8 nitrogen and oxygen atoms in total. The first kappa shape index (κ1) is 18.8. The van der Waals surface area contributed by atoms with Crippen molar-refractivity contribution in [2.24, 2.45) is 0 Å². The van der Waals surface area contributed by atoms with E-state index in [1.165, 1.54) is 22.5 Å². The minimum atomic E-state index is -0.516. The summed E-state index contributed by atoms with van der Waals surface area (Å²) in [6, 6.07) is 15.3. The third kappa shape index (κ3) is 4.30. The number of thioether (sulfide) groups is 1. The van der Waals surface area contributed by atoms with Crippen molar-refractivity contribution in [1.82, 2.24) is 9.55 Å². The Hall–Kier alpha value is -3.59. The molecule has 3 N–H and O–H groups in total. The van der Waals surface area contributed by atoms with Gasteiger partial charge in [-0.05, 0) is 36.4 Å². The summed E-state index contributed by atoms with van der Waals surface area (Å²) in [6.07, 6.45) is 1.31. The summed E-state index contributed by atoms with van der Waals surface area (Å²) in [4.78, 5) is 41.1. The number of para-hydroxylation sites is 1. The van der Waals surface area contributed by atoms with Crippen LogP contribution >= 0.6 is 11.8 Å². The Labute approximate surface area is 170 Å². The lowest BCUT2D eigenvalue weighted by Crippen LogP contribution is -2.29. The molecule has 0 atom stereocenters. The molecule has 0 spiro atoms. The molecule has 0 unspecified atom stereocenters. The van der Waals surface area contributed by atoms with E-state index in [0.717, 1.165) is 5.75 Å². The number of fused-ring (bicyclic) bond motifs is 1. The molecule has 2 aromatic carbocycles. The fourth-order valence-electron chi connectivity index (χ4n) is 2.82. The second-order valence-electron chi connectivity index (χ2n) is 6.24. The van der Waals surface area contributed by atoms with Crippen molar-refractivity contribution in [2.45, 2.75) is 11.7 Å². The molecule has 0 radical (unpaired) electrons. The molecule has 0 saturated heterocycles. The van der Waals surface area contributed by atoms with Crippen LogP contribution in [0.25, 0.3) is 0 Å². The molecule has 0 saturated carbocycles. The molecule has 146 valence electrons. The van der Waals surface area contributed by atoms with E-state index in [-0.39, 0.29) is 17.2 Å². The molecule has 1 aromatic heterocycles. The molecule has 3 aromatic rings. The van der Waals surface area contributed by atoms with Crippen molar-refractivity contribution >= 4 is 40.8 Å². The minimum absolute atomic E-state index is 0.000639. The van der Waals surface area contributed by atoms with E-state index in [9.17, 15) is 14.4 Å². The summed E-state index contributed by atoms with van der Waals surface area (Å²) in [5, 5.41) is 8.75. The molecule has 29 heavy (non-hydrogen) atoms. The van der Waals surface area contributed by atoms with Crippen LogP contribution in [0.15, 0.2) is 70.7 Å². The number of carbonyl (C=O) groups is 2. The molecule has 1 aliphatic rings. The van der Waals surface area contributed by atoms with E-state index in [4.69, 9.17) is 0 Å². The van der Waals surface area contributed by atoms with Crippen LogP contribution in [0.5, 0.6) is 0 Å². The average Bonchev–Trinajstić information content (AvgIpc) is 3.20. The number of nitrogens with one attached hydrogen (secondary N) is 3. The van der Waals surface area contributed by atoms with Gasteiger partial charge in [0.15, 0.2) is 5.16 Å². The third-order valence-corrected chi connectivity index (χ3v) is 5.20. The van der Waals surface area contributed by atoms with Gasteiger partial charge >= 0.3 is 6.03 Å². The Bertz CT molecular complexity index is 1110. The fraction of sp³-hybridized carbons (Fsp3) is 0.100. The van der Waals surface area contributed by atoms with Gasteiger partial charge in [-0.3, -0.25) is 14.2 Å². The standard InChI is InChI=1S/C20H17N5O3S/c26-17(16-12-21-20-25(18(16)27)10-11-29-20)22-14-6-8-15(9-7-14)24-19(28)23-13-4-2-1-3-5-13/h1-9,12H,10-11H2,(H,22,26)(H2,23,24,28). The van der Waals surface area contributed by atoms with Gasteiger partial charge in [-0.25, -0.2) is 9.78 Å². The largest absolute Gasteiger partial charge is 0.323 e. The Morgan fingerprint density at radius 3 is 2.21 bits per heavy atom. The second-order valence-corrected chi connectivity index (χ2v) is 7.30. The summed E-state index contributed by atoms with van der Waals surface area (Å²) in [7, 11) is 0. The van der Waals surface area contributed by atoms with E-state index < -0.39 is 5.91 Å². The van der Waals surface area contributed by atoms with E-state index in [1.807, 2.05) is 18.2 Å². The lowest BCUT2D eigenvalue weighted by atomic mass is 10.2. The van der Waals surface area contributed by atoms with Gasteiger partial charge in [0.05, 0.1) is 0 Å². The number of benzene rings is 2. The number of carbonyl (C=O) groups excluding carboxylic acids is 2. The van der Waals surface area contributed by atoms with Crippen LogP contribution in [0.3, 0.4) is 0 Å². The van der Waals surface area contributed by atoms with E-state index in [0.29, 0.717) is 28.8 Å². The molecular formula is C20H17N5O3S. The lowest BCUT2D eigenvalue weighted by molar-refractivity contribution is 0.102. The first-order chi connectivity index (χ1) is 14.1. The van der Waals surface area contributed by atoms with Gasteiger partial charge in [-0.1, -0.05) is 30.0 Å². The van der Waals surface area contributed by atoms with Gasteiger partial charge in [-0.2, -0.15) is 0 Å². The SMILES string of the molecule is O=C(Nc1ccccc1)Nc1ccc(NC(=O)c2cnc3n(c2=O)CCS3)cc1. The number of nitrogens with zero attached hydrogens (tertiary/aromatic N) is 2. The molecular weight excluding hydrogens is 390 g/mol. The highest BCUT2D eigenvalue weighted by molar-refractivity contribution is 7.99. The highest BCUT2D eigenvalue weighted by atomic mass is 32.2. The first-order valence-corrected chi connectivity index (χ1v) is 9.86. The highest BCUT2D eigenvalue weighted by Crippen LogP contribution is 2.21. The van der Waals surface area contributed by atoms with Crippen LogP contribution in [0.2, 0.25) is 0 Å². The lowest BCUT2D eigenvalue weighted by Gasteiger charge is -2.09. The van der Waals surface area contributed by atoms with Crippen LogP contribution in [0, 0.1) is 0 Å². The van der Waals surface area contributed by atoms with Crippen LogP contribution in [-0.2, 0) is 6.54 Å². The van der Waals surface area contributed by atoms with Gasteiger partial charge in [0, 0.05) is 35.6 Å². The van der Waals surface area contributed by atoms with Crippen LogP contribution < -0.4 is 21.5 Å². The van der Waals surface area contributed by atoms with Gasteiger partial charge < -0.3 is 16.0 Å². The minimum Gasteiger partial charge on any atom is -0.322 e. The predicted octanol–water partition coefficient (Wildman–Crippen LogP) is 3.25. The maximum Gasteiger partial charge on any atom is 0.323 e.